The molecule has 1 saturated heterocycles. The third-order valence-corrected chi connectivity index (χ3v) is 6.04. The van der Waals surface area contributed by atoms with Crippen LogP contribution in [0.5, 0.6) is 0 Å². The molecule has 1 amide bonds. The molecule has 0 N–H and O–H groups in total. The Balaban J connectivity index is 1.38. The summed E-state index contributed by atoms with van der Waals surface area (Å²) in [6.07, 6.45) is 8.67. The summed E-state index contributed by atoms with van der Waals surface area (Å²) < 4.78 is 20.6. The van der Waals surface area contributed by atoms with Gasteiger partial charge in [-0.3, -0.25) is 9.78 Å². The number of nitrogens with zero attached hydrogens (tertiary/aromatic N) is 2. The van der Waals surface area contributed by atoms with Crippen LogP contribution < -0.4 is 0 Å². The zero-order valence-electron chi connectivity index (χ0n) is 14.0. The molecule has 1 aliphatic heterocycles. The van der Waals surface area contributed by atoms with Gasteiger partial charge >= 0.3 is 0 Å². The molecule has 130 valence electrons. The summed E-state index contributed by atoms with van der Waals surface area (Å²) >= 11 is 0. The van der Waals surface area contributed by atoms with E-state index in [0.29, 0.717) is 44.4 Å². The zero-order valence-corrected chi connectivity index (χ0v) is 14.0. The van der Waals surface area contributed by atoms with Gasteiger partial charge in [0.15, 0.2) is 5.67 Å². The molecule has 1 aromatic rings. The van der Waals surface area contributed by atoms with Crippen molar-refractivity contribution in [3.05, 3.63) is 30.1 Å². The lowest BCUT2D eigenvalue weighted by Crippen LogP contribution is -2.49. The van der Waals surface area contributed by atoms with E-state index >= 15 is 0 Å². The second-order valence-electron chi connectivity index (χ2n) is 7.59. The van der Waals surface area contributed by atoms with Crippen LogP contribution in [0.25, 0.3) is 0 Å². The summed E-state index contributed by atoms with van der Waals surface area (Å²) in [6, 6.07) is 3.93. The predicted molar refractivity (Wildman–Crippen MR) is 87.9 cm³/mol. The van der Waals surface area contributed by atoms with Gasteiger partial charge in [0, 0.05) is 31.4 Å². The van der Waals surface area contributed by atoms with Gasteiger partial charge in [-0.2, -0.15) is 0 Å². The first-order valence-electron chi connectivity index (χ1n) is 9.14. The van der Waals surface area contributed by atoms with Gasteiger partial charge in [-0.15, -0.1) is 0 Å². The van der Waals surface area contributed by atoms with Crippen LogP contribution in [-0.4, -0.2) is 40.7 Å². The van der Waals surface area contributed by atoms with Crippen molar-refractivity contribution in [3.8, 4) is 0 Å². The maximum Gasteiger partial charge on any atom is 0.260 e. The Morgan fingerprint density at radius 3 is 2.92 bits per heavy atom. The highest BCUT2D eigenvalue weighted by Crippen LogP contribution is 2.42. The third-order valence-electron chi connectivity index (χ3n) is 6.04. The number of aromatic nitrogens is 1. The van der Waals surface area contributed by atoms with Crippen molar-refractivity contribution in [1.82, 2.24) is 9.88 Å². The summed E-state index contributed by atoms with van der Waals surface area (Å²) in [5.41, 5.74) is -0.498. The number of halogens is 1. The molecule has 0 aromatic carbocycles. The average Bonchev–Trinajstić information content (AvgIpc) is 3.02. The van der Waals surface area contributed by atoms with Crippen LogP contribution in [0.15, 0.2) is 24.5 Å². The molecule has 0 bridgehead atoms. The summed E-state index contributed by atoms with van der Waals surface area (Å²) in [5.74, 6) is 0.544. The fourth-order valence-corrected chi connectivity index (χ4v) is 4.46. The first-order valence-corrected chi connectivity index (χ1v) is 9.14. The fraction of sp³-hybridized carbons (Fsp3) is 0.684. The maximum atomic E-state index is 14.5. The molecule has 2 saturated carbocycles. The first-order chi connectivity index (χ1) is 11.7. The number of ether oxygens (including phenoxy) is 1. The minimum atomic E-state index is -1.57. The molecule has 5 heteroatoms. The number of rotatable bonds is 4. The Kier molecular flexibility index (Phi) is 4.29. The Hall–Kier alpha value is -1.49. The quantitative estimate of drug-likeness (QED) is 0.851. The molecule has 3 atom stereocenters. The molecular weight excluding hydrogens is 307 g/mol. The number of hydrogen-bond donors (Lipinski definition) is 0. The van der Waals surface area contributed by atoms with Crippen molar-refractivity contribution in [3.63, 3.8) is 0 Å². The van der Waals surface area contributed by atoms with E-state index in [9.17, 15) is 9.18 Å². The molecule has 0 unspecified atom stereocenters. The fourth-order valence-electron chi connectivity index (χ4n) is 4.46. The second-order valence-corrected chi connectivity index (χ2v) is 7.59. The van der Waals surface area contributed by atoms with E-state index in [2.05, 4.69) is 4.98 Å². The SMILES string of the molecule is O=C(N1C[C@H]2CCC[C@H](OCc3cccnc3)[C@H]2C1)C1(F)CCC1. The normalized spacial score (nSPS) is 31.4. The van der Waals surface area contributed by atoms with Crippen molar-refractivity contribution in [2.24, 2.45) is 11.8 Å². The van der Waals surface area contributed by atoms with Crippen LogP contribution in [-0.2, 0) is 16.1 Å². The van der Waals surface area contributed by atoms with Gasteiger partial charge in [0.2, 0.25) is 0 Å². The monoisotopic (exact) mass is 332 g/mol. The lowest BCUT2D eigenvalue weighted by molar-refractivity contribution is -0.149. The van der Waals surface area contributed by atoms with Gasteiger partial charge in [-0.1, -0.05) is 12.5 Å². The van der Waals surface area contributed by atoms with E-state index in [4.69, 9.17) is 4.74 Å². The van der Waals surface area contributed by atoms with E-state index in [1.165, 1.54) is 0 Å². The van der Waals surface area contributed by atoms with Gasteiger partial charge < -0.3 is 9.64 Å². The van der Waals surface area contributed by atoms with E-state index in [0.717, 1.165) is 31.2 Å². The lowest BCUT2D eigenvalue weighted by Gasteiger charge is -2.35. The Morgan fingerprint density at radius 1 is 1.33 bits per heavy atom. The smallest absolute Gasteiger partial charge is 0.260 e. The van der Waals surface area contributed by atoms with Crippen molar-refractivity contribution < 1.29 is 13.9 Å². The van der Waals surface area contributed by atoms with E-state index in [1.54, 1.807) is 11.1 Å². The number of alkyl halides is 1. The summed E-state index contributed by atoms with van der Waals surface area (Å²) in [4.78, 5) is 18.4. The summed E-state index contributed by atoms with van der Waals surface area (Å²) in [7, 11) is 0. The van der Waals surface area contributed by atoms with E-state index in [1.807, 2.05) is 18.3 Å². The van der Waals surface area contributed by atoms with Crippen LogP contribution in [0, 0.1) is 11.8 Å². The zero-order chi connectivity index (χ0) is 16.6. The van der Waals surface area contributed by atoms with Crippen molar-refractivity contribution >= 4 is 5.91 Å². The van der Waals surface area contributed by atoms with E-state index < -0.39 is 5.67 Å². The van der Waals surface area contributed by atoms with E-state index in [-0.39, 0.29) is 12.0 Å². The molecule has 4 nitrogen and oxygen atoms in total. The van der Waals surface area contributed by atoms with Gasteiger partial charge in [0.05, 0.1) is 12.7 Å². The van der Waals surface area contributed by atoms with Gasteiger partial charge in [-0.25, -0.2) is 4.39 Å². The minimum Gasteiger partial charge on any atom is -0.373 e. The highest BCUT2D eigenvalue weighted by Gasteiger charge is 2.51. The molecule has 2 heterocycles. The van der Waals surface area contributed by atoms with Crippen molar-refractivity contribution in [2.75, 3.05) is 13.1 Å². The lowest BCUT2D eigenvalue weighted by atomic mass is 9.79. The minimum absolute atomic E-state index is 0.165. The average molecular weight is 332 g/mol. The first kappa shape index (κ1) is 16.0. The number of fused-ring (bicyclic) bond motifs is 1. The predicted octanol–water partition coefficient (Wildman–Crippen LogP) is 3.12. The van der Waals surface area contributed by atoms with Crippen molar-refractivity contribution in [1.29, 1.82) is 0 Å². The Labute approximate surface area is 142 Å². The number of carbonyl (C=O) groups is 1. The molecule has 4 rings (SSSR count). The number of pyridine rings is 1. The molecule has 1 aromatic heterocycles. The van der Waals surface area contributed by atoms with Crippen LogP contribution in [0.2, 0.25) is 0 Å². The number of carbonyl (C=O) groups excluding carboxylic acids is 1. The highest BCUT2D eigenvalue weighted by molar-refractivity contribution is 5.86. The van der Waals surface area contributed by atoms with Crippen LogP contribution >= 0.6 is 0 Å². The van der Waals surface area contributed by atoms with Gasteiger partial charge in [0.25, 0.3) is 5.91 Å². The number of amides is 1. The second kappa shape index (κ2) is 6.43. The molecule has 2 aliphatic carbocycles. The van der Waals surface area contributed by atoms with Crippen molar-refractivity contribution in [2.45, 2.75) is 56.9 Å². The summed E-state index contributed by atoms with van der Waals surface area (Å²) in [6.45, 7) is 1.93. The topological polar surface area (TPSA) is 42.4 Å². The summed E-state index contributed by atoms with van der Waals surface area (Å²) in [5, 5.41) is 0. The van der Waals surface area contributed by atoms with Gasteiger partial charge in [-0.05, 0) is 49.7 Å². The van der Waals surface area contributed by atoms with Crippen LogP contribution in [0.1, 0.15) is 44.1 Å². The van der Waals surface area contributed by atoms with Gasteiger partial charge in [0.1, 0.15) is 0 Å². The Bertz CT molecular complexity index is 590. The standard InChI is InChI=1S/C19H25FN2O2/c20-19(7-3-8-19)18(23)22-11-15-5-1-6-17(16(15)12-22)24-13-14-4-2-9-21-10-14/h2,4,9-10,15-17H,1,3,5-8,11-13H2/t15-,16+,17+/m1/s1. The molecule has 3 fully saturated rings. The largest absolute Gasteiger partial charge is 0.373 e. The molecule has 0 radical (unpaired) electrons. The molecule has 0 spiro atoms. The number of hydrogen-bond acceptors (Lipinski definition) is 3. The molecular formula is C19H25FN2O2. The Morgan fingerprint density at radius 2 is 2.21 bits per heavy atom. The third kappa shape index (κ3) is 2.94. The molecule has 3 aliphatic rings. The molecule has 24 heavy (non-hydrogen) atoms. The maximum absolute atomic E-state index is 14.5. The highest BCUT2D eigenvalue weighted by atomic mass is 19.1. The van der Waals surface area contributed by atoms with Crippen LogP contribution in [0.3, 0.4) is 0 Å². The van der Waals surface area contributed by atoms with Crippen LogP contribution in [0.4, 0.5) is 4.39 Å². The number of likely N-dealkylation sites (tertiary alicyclic amines) is 1.